The Kier molecular flexibility index (Phi) is 4.50. The van der Waals surface area contributed by atoms with Crippen molar-refractivity contribution in [2.75, 3.05) is 0 Å². The van der Waals surface area contributed by atoms with Gasteiger partial charge in [-0.05, 0) is 46.2 Å². The highest BCUT2D eigenvalue weighted by Crippen LogP contribution is 2.43. The topological polar surface area (TPSA) is 57.5 Å². The third kappa shape index (κ3) is 2.86. The molecular formula is C25H19F3O3. The Morgan fingerprint density at radius 1 is 0.968 bits per heavy atom. The molecule has 0 aromatic heterocycles. The third-order valence-electron chi connectivity index (χ3n) is 5.98. The van der Waals surface area contributed by atoms with Gasteiger partial charge in [0.05, 0.1) is 0 Å². The van der Waals surface area contributed by atoms with E-state index in [1.54, 1.807) is 18.2 Å². The summed E-state index contributed by atoms with van der Waals surface area (Å²) >= 11 is 0. The Labute approximate surface area is 176 Å². The van der Waals surface area contributed by atoms with Gasteiger partial charge in [0.1, 0.15) is 17.1 Å². The standard InChI is InChI=1S/C25H19F3O3/c1-11-5-7-14-16(9-11)25(3,4)17-10-13(29)6-8-15(17)18(14)19-20(24(30)31)23(28)22(27)12(2)21(19)26/h5-10,29H,1H2,2-4H3,(H,30,31). The van der Waals surface area contributed by atoms with Crippen LogP contribution in [-0.4, -0.2) is 16.2 Å². The smallest absolute Gasteiger partial charge is 0.339 e. The molecule has 0 unspecified atom stereocenters. The fourth-order valence-corrected chi connectivity index (χ4v) is 4.37. The summed E-state index contributed by atoms with van der Waals surface area (Å²) in [4.78, 5) is 11.9. The maximum absolute atomic E-state index is 15.4. The van der Waals surface area contributed by atoms with Crippen LogP contribution in [0.5, 0.6) is 5.75 Å². The minimum absolute atomic E-state index is 0.0270. The summed E-state index contributed by atoms with van der Waals surface area (Å²) in [5.41, 5.74) is -1.01. The van der Waals surface area contributed by atoms with E-state index in [-0.39, 0.29) is 11.3 Å². The first-order valence-electron chi connectivity index (χ1n) is 9.55. The maximum atomic E-state index is 15.4. The van der Waals surface area contributed by atoms with Gasteiger partial charge in [-0.3, -0.25) is 0 Å². The number of fused-ring (bicyclic) bond motifs is 2. The van der Waals surface area contributed by atoms with E-state index in [4.69, 9.17) is 0 Å². The number of carbonyl (C=O) groups is 1. The molecule has 0 radical (unpaired) electrons. The Morgan fingerprint density at radius 3 is 2.29 bits per heavy atom. The van der Waals surface area contributed by atoms with Gasteiger partial charge in [0.2, 0.25) is 0 Å². The number of hydrogen-bond acceptors (Lipinski definition) is 2. The number of phenolic OH excluding ortho intramolecular Hbond substituents is 1. The summed E-state index contributed by atoms with van der Waals surface area (Å²) < 4.78 is 44.4. The molecule has 1 aliphatic carbocycles. The van der Waals surface area contributed by atoms with E-state index in [9.17, 15) is 23.8 Å². The summed E-state index contributed by atoms with van der Waals surface area (Å²) in [6, 6.07) is 9.58. The molecule has 0 heterocycles. The number of carboxylic acid groups (broad SMARTS) is 1. The van der Waals surface area contributed by atoms with Gasteiger partial charge in [-0.2, -0.15) is 0 Å². The quantitative estimate of drug-likeness (QED) is 0.609. The second-order valence-electron chi connectivity index (χ2n) is 8.23. The average Bonchev–Trinajstić information content (AvgIpc) is 2.70. The number of rotatable bonds is 2. The minimum atomic E-state index is -1.78. The van der Waals surface area contributed by atoms with Crippen LogP contribution in [0.25, 0.3) is 12.2 Å². The first-order chi connectivity index (χ1) is 14.5. The van der Waals surface area contributed by atoms with Crippen molar-refractivity contribution in [2.24, 2.45) is 0 Å². The highest BCUT2D eigenvalue weighted by atomic mass is 19.2. The van der Waals surface area contributed by atoms with Gasteiger partial charge >= 0.3 is 5.97 Å². The molecule has 0 amide bonds. The molecule has 0 atom stereocenters. The first-order valence-corrected chi connectivity index (χ1v) is 9.55. The van der Waals surface area contributed by atoms with Crippen molar-refractivity contribution >= 4 is 18.1 Å². The molecule has 0 saturated heterocycles. The first kappa shape index (κ1) is 20.7. The second-order valence-corrected chi connectivity index (χ2v) is 8.23. The lowest BCUT2D eigenvalue weighted by Gasteiger charge is -2.35. The molecule has 4 rings (SSSR count). The number of hydrogen-bond donors (Lipinski definition) is 2. The van der Waals surface area contributed by atoms with Gasteiger partial charge in [-0.15, -0.1) is 0 Å². The number of halogens is 3. The molecule has 158 valence electrons. The molecule has 31 heavy (non-hydrogen) atoms. The number of aromatic hydroxyl groups is 1. The lowest BCUT2D eigenvalue weighted by Crippen LogP contribution is -2.36. The zero-order chi connectivity index (χ0) is 22.8. The van der Waals surface area contributed by atoms with Gasteiger partial charge in [0.15, 0.2) is 11.6 Å². The van der Waals surface area contributed by atoms with Crippen LogP contribution < -0.4 is 10.4 Å². The van der Waals surface area contributed by atoms with E-state index < -0.39 is 45.5 Å². The van der Waals surface area contributed by atoms with Gasteiger partial charge in [-0.1, -0.05) is 44.7 Å². The van der Waals surface area contributed by atoms with Crippen LogP contribution >= 0.6 is 0 Å². The largest absolute Gasteiger partial charge is 0.508 e. The monoisotopic (exact) mass is 424 g/mol. The van der Waals surface area contributed by atoms with Gasteiger partial charge < -0.3 is 10.2 Å². The molecule has 3 nitrogen and oxygen atoms in total. The van der Waals surface area contributed by atoms with Crippen LogP contribution in [-0.2, 0) is 5.41 Å². The Bertz CT molecular complexity index is 1400. The van der Waals surface area contributed by atoms with E-state index in [0.29, 0.717) is 27.1 Å². The molecule has 6 heteroatoms. The maximum Gasteiger partial charge on any atom is 0.339 e. The lowest BCUT2D eigenvalue weighted by molar-refractivity contribution is 0.0689. The molecular weight excluding hydrogens is 405 g/mol. The van der Waals surface area contributed by atoms with E-state index >= 15 is 4.39 Å². The second kappa shape index (κ2) is 6.74. The lowest BCUT2D eigenvalue weighted by atomic mass is 9.68. The molecule has 0 fully saturated rings. The number of carboxylic acids is 1. The Balaban J connectivity index is 2.34. The molecule has 3 aromatic carbocycles. The fourth-order valence-electron chi connectivity index (χ4n) is 4.37. The van der Waals surface area contributed by atoms with Crippen molar-refractivity contribution in [1.29, 1.82) is 0 Å². The third-order valence-corrected chi connectivity index (χ3v) is 5.98. The van der Waals surface area contributed by atoms with Crippen molar-refractivity contribution in [3.63, 3.8) is 0 Å². The van der Waals surface area contributed by atoms with Crippen molar-refractivity contribution in [1.82, 2.24) is 0 Å². The summed E-state index contributed by atoms with van der Waals surface area (Å²) in [7, 11) is 0. The van der Waals surface area contributed by atoms with Crippen LogP contribution in [0.1, 0.15) is 52.0 Å². The Morgan fingerprint density at radius 2 is 1.65 bits per heavy atom. The zero-order valence-corrected chi connectivity index (χ0v) is 17.1. The highest BCUT2D eigenvalue weighted by Gasteiger charge is 2.37. The Hall–Kier alpha value is -3.54. The number of aromatic carboxylic acids is 1. The van der Waals surface area contributed by atoms with Crippen LogP contribution in [0, 0.1) is 24.4 Å². The minimum Gasteiger partial charge on any atom is -0.508 e. The van der Waals surface area contributed by atoms with E-state index in [0.717, 1.165) is 6.92 Å². The summed E-state index contributed by atoms with van der Waals surface area (Å²) in [5, 5.41) is 20.9. The van der Waals surface area contributed by atoms with Crippen molar-refractivity contribution in [2.45, 2.75) is 26.2 Å². The molecule has 2 N–H and O–H groups in total. The molecule has 3 aromatic rings. The normalized spacial score (nSPS) is 14.2. The van der Waals surface area contributed by atoms with Crippen molar-refractivity contribution in [3.8, 4) is 5.75 Å². The van der Waals surface area contributed by atoms with Crippen LogP contribution in [0.15, 0.2) is 36.4 Å². The van der Waals surface area contributed by atoms with Crippen LogP contribution in [0.2, 0.25) is 0 Å². The predicted molar refractivity (Wildman–Crippen MR) is 111 cm³/mol. The summed E-state index contributed by atoms with van der Waals surface area (Å²) in [5.74, 6) is -6.10. The molecule has 0 bridgehead atoms. The highest BCUT2D eigenvalue weighted by molar-refractivity contribution is 5.98. The SMILES string of the molecule is C=c1ccc2c(c1)C(C)(C)c1cc(O)ccc1C=2c1c(F)c(C)c(F)c(F)c1C(=O)O. The van der Waals surface area contributed by atoms with Gasteiger partial charge in [0, 0.05) is 22.1 Å². The molecule has 1 aliphatic rings. The molecule has 0 spiro atoms. The van der Waals surface area contributed by atoms with Crippen molar-refractivity contribution in [3.05, 3.63) is 97.7 Å². The summed E-state index contributed by atoms with van der Waals surface area (Å²) in [6.07, 6.45) is 0. The molecule has 0 aliphatic heterocycles. The van der Waals surface area contributed by atoms with Crippen molar-refractivity contribution < 1.29 is 28.2 Å². The van der Waals surface area contributed by atoms with Gasteiger partial charge in [-0.25, -0.2) is 18.0 Å². The van der Waals surface area contributed by atoms with Crippen LogP contribution in [0.4, 0.5) is 13.2 Å². The van der Waals surface area contributed by atoms with Crippen LogP contribution in [0.3, 0.4) is 0 Å². The molecule has 0 saturated carbocycles. The fraction of sp³-hybridized carbons (Fsp3) is 0.160. The van der Waals surface area contributed by atoms with E-state index in [1.165, 1.54) is 18.2 Å². The van der Waals surface area contributed by atoms with E-state index in [2.05, 4.69) is 6.58 Å². The number of phenols is 1. The summed E-state index contributed by atoms with van der Waals surface area (Å²) in [6.45, 7) is 8.81. The predicted octanol–water partition coefficient (Wildman–Crippen LogP) is 4.11. The van der Waals surface area contributed by atoms with Gasteiger partial charge in [0.25, 0.3) is 0 Å². The average molecular weight is 424 g/mol. The zero-order valence-electron chi connectivity index (χ0n) is 17.1. The van der Waals surface area contributed by atoms with E-state index in [1.807, 2.05) is 13.8 Å². The number of benzene rings is 3.